The maximum Gasteiger partial charge on any atom is 0.337 e. The van der Waals surface area contributed by atoms with Crippen LogP contribution in [0.4, 0.5) is 5.13 Å². The Morgan fingerprint density at radius 2 is 1.79 bits per heavy atom. The summed E-state index contributed by atoms with van der Waals surface area (Å²) >= 11 is 1.35. The molecule has 0 aliphatic heterocycles. The molecule has 0 fully saturated rings. The second kappa shape index (κ2) is 7.06. The van der Waals surface area contributed by atoms with Crippen LogP contribution in [0.15, 0.2) is 60.0 Å². The second-order valence-corrected chi connectivity index (χ2v) is 5.79. The van der Waals surface area contributed by atoms with E-state index in [1.807, 2.05) is 35.7 Å². The molecular formula is C18H14N2O3S. The van der Waals surface area contributed by atoms with Crippen LogP contribution in [0, 0.1) is 0 Å². The minimum atomic E-state index is -0.481. The highest BCUT2D eigenvalue weighted by atomic mass is 32.1. The molecule has 0 spiro atoms. The Bertz CT molecular complexity index is 875. The van der Waals surface area contributed by atoms with Crippen LogP contribution in [-0.4, -0.2) is 24.0 Å². The maximum atomic E-state index is 12.3. The molecule has 0 aliphatic carbocycles. The van der Waals surface area contributed by atoms with Crippen LogP contribution in [0.5, 0.6) is 0 Å². The molecule has 0 saturated carbocycles. The molecule has 3 rings (SSSR count). The van der Waals surface area contributed by atoms with Crippen LogP contribution in [-0.2, 0) is 4.74 Å². The molecule has 0 aliphatic rings. The quantitative estimate of drug-likeness (QED) is 0.734. The fourth-order valence-electron chi connectivity index (χ4n) is 2.15. The van der Waals surface area contributed by atoms with Gasteiger partial charge in [-0.2, -0.15) is 0 Å². The van der Waals surface area contributed by atoms with E-state index in [4.69, 9.17) is 0 Å². The lowest BCUT2D eigenvalue weighted by Gasteiger charge is -2.04. The summed E-state index contributed by atoms with van der Waals surface area (Å²) < 4.78 is 4.66. The van der Waals surface area contributed by atoms with E-state index in [1.165, 1.54) is 24.5 Å². The largest absolute Gasteiger partial charge is 0.465 e. The summed E-state index contributed by atoms with van der Waals surface area (Å²) in [6, 6.07) is 16.1. The van der Waals surface area contributed by atoms with E-state index >= 15 is 0 Å². The number of carbonyl (C=O) groups is 2. The number of esters is 1. The lowest BCUT2D eigenvalue weighted by atomic mass is 10.1. The van der Waals surface area contributed by atoms with E-state index in [0.717, 1.165) is 11.3 Å². The number of nitrogens with zero attached hydrogens (tertiary/aromatic N) is 1. The van der Waals surface area contributed by atoms with Crippen molar-refractivity contribution in [3.05, 3.63) is 71.1 Å². The molecule has 0 atom stereocenters. The summed E-state index contributed by atoms with van der Waals surface area (Å²) in [6.45, 7) is 0. The minimum absolute atomic E-state index is 0.324. The normalized spacial score (nSPS) is 10.2. The number of nitrogens with one attached hydrogen (secondary N) is 1. The Kier molecular flexibility index (Phi) is 4.67. The number of hydrogen-bond donors (Lipinski definition) is 1. The molecule has 3 aromatic rings. The maximum absolute atomic E-state index is 12.3. The molecule has 5 nitrogen and oxygen atoms in total. The summed E-state index contributed by atoms with van der Waals surface area (Å²) in [5.41, 5.74) is 2.49. The number of rotatable bonds is 4. The number of carbonyl (C=O) groups excluding carboxylic acids is 2. The topological polar surface area (TPSA) is 68.3 Å². The molecule has 1 amide bonds. The number of amides is 1. The lowest BCUT2D eigenvalue weighted by Crippen LogP contribution is -2.13. The third-order valence-corrected chi connectivity index (χ3v) is 4.10. The standard InChI is InChI=1S/C18H14N2O3S/c1-23-17(22)14-9-5-8-13(10-14)16(21)20-18-19-15(11-24-18)12-6-3-2-4-7-12/h2-11H,1H3,(H,19,20,21). The highest BCUT2D eigenvalue weighted by Gasteiger charge is 2.12. The average Bonchev–Trinajstić information content (AvgIpc) is 3.10. The van der Waals surface area contributed by atoms with Gasteiger partial charge < -0.3 is 4.74 Å². The van der Waals surface area contributed by atoms with Crippen molar-refractivity contribution in [2.75, 3.05) is 12.4 Å². The van der Waals surface area contributed by atoms with Crippen LogP contribution in [0.3, 0.4) is 0 Å². The monoisotopic (exact) mass is 338 g/mol. The Balaban J connectivity index is 1.76. The van der Waals surface area contributed by atoms with Gasteiger partial charge >= 0.3 is 5.97 Å². The van der Waals surface area contributed by atoms with Crippen molar-refractivity contribution >= 4 is 28.3 Å². The van der Waals surface area contributed by atoms with Gasteiger partial charge in [0.1, 0.15) is 0 Å². The third kappa shape index (κ3) is 3.49. The molecule has 120 valence electrons. The van der Waals surface area contributed by atoms with E-state index < -0.39 is 5.97 Å². The first-order valence-electron chi connectivity index (χ1n) is 7.18. The van der Waals surface area contributed by atoms with E-state index in [0.29, 0.717) is 16.3 Å². The number of thiazole rings is 1. The average molecular weight is 338 g/mol. The predicted octanol–water partition coefficient (Wildman–Crippen LogP) is 3.85. The van der Waals surface area contributed by atoms with Gasteiger partial charge in [0.25, 0.3) is 5.91 Å². The Morgan fingerprint density at radius 3 is 2.54 bits per heavy atom. The van der Waals surface area contributed by atoms with Gasteiger partial charge in [-0.3, -0.25) is 10.1 Å². The fraction of sp³-hybridized carbons (Fsp3) is 0.0556. The number of methoxy groups -OCH3 is 1. The minimum Gasteiger partial charge on any atom is -0.465 e. The van der Waals surface area contributed by atoms with E-state index in [1.54, 1.807) is 18.2 Å². The molecule has 0 saturated heterocycles. The molecule has 0 radical (unpaired) electrons. The smallest absolute Gasteiger partial charge is 0.337 e. The first kappa shape index (κ1) is 15.9. The number of aromatic nitrogens is 1. The molecule has 6 heteroatoms. The molecule has 2 aromatic carbocycles. The summed E-state index contributed by atoms with van der Waals surface area (Å²) in [5, 5.41) is 5.14. The summed E-state index contributed by atoms with van der Waals surface area (Å²) in [7, 11) is 1.30. The Labute approximate surface area is 142 Å². The van der Waals surface area contributed by atoms with Gasteiger partial charge in [0.15, 0.2) is 5.13 Å². The summed E-state index contributed by atoms with van der Waals surface area (Å²) in [4.78, 5) is 28.3. The van der Waals surface area contributed by atoms with Crippen molar-refractivity contribution in [2.45, 2.75) is 0 Å². The molecule has 1 aromatic heterocycles. The first-order valence-corrected chi connectivity index (χ1v) is 8.06. The van der Waals surface area contributed by atoms with Crippen LogP contribution >= 0.6 is 11.3 Å². The van der Waals surface area contributed by atoms with Gasteiger partial charge in [-0.15, -0.1) is 11.3 Å². The van der Waals surface area contributed by atoms with Crippen molar-refractivity contribution in [1.82, 2.24) is 4.98 Å². The van der Waals surface area contributed by atoms with Gasteiger partial charge in [0, 0.05) is 16.5 Å². The van der Waals surface area contributed by atoms with Crippen molar-refractivity contribution in [3.8, 4) is 11.3 Å². The fourth-order valence-corrected chi connectivity index (χ4v) is 2.86. The molecule has 1 N–H and O–H groups in total. The Hall–Kier alpha value is -2.99. The highest BCUT2D eigenvalue weighted by Crippen LogP contribution is 2.25. The van der Waals surface area contributed by atoms with Gasteiger partial charge in [-0.25, -0.2) is 9.78 Å². The molecule has 1 heterocycles. The van der Waals surface area contributed by atoms with Gasteiger partial charge in [-0.05, 0) is 18.2 Å². The van der Waals surface area contributed by atoms with Gasteiger partial charge in [0.05, 0.1) is 18.4 Å². The third-order valence-electron chi connectivity index (χ3n) is 3.34. The number of hydrogen-bond acceptors (Lipinski definition) is 5. The first-order chi connectivity index (χ1) is 11.7. The van der Waals surface area contributed by atoms with Crippen LogP contribution < -0.4 is 5.32 Å². The van der Waals surface area contributed by atoms with Crippen molar-refractivity contribution in [2.24, 2.45) is 0 Å². The van der Waals surface area contributed by atoms with E-state index in [2.05, 4.69) is 15.0 Å². The molecule has 0 unspecified atom stereocenters. The van der Waals surface area contributed by atoms with Crippen molar-refractivity contribution < 1.29 is 14.3 Å². The highest BCUT2D eigenvalue weighted by molar-refractivity contribution is 7.14. The van der Waals surface area contributed by atoms with Gasteiger partial charge in [0.2, 0.25) is 0 Å². The zero-order valence-corrected chi connectivity index (χ0v) is 13.7. The second-order valence-electron chi connectivity index (χ2n) is 4.93. The SMILES string of the molecule is COC(=O)c1cccc(C(=O)Nc2nc(-c3ccccc3)cs2)c1. The zero-order valence-electron chi connectivity index (χ0n) is 12.9. The number of benzene rings is 2. The lowest BCUT2D eigenvalue weighted by molar-refractivity contribution is 0.0600. The molecular weight excluding hydrogens is 324 g/mol. The van der Waals surface area contributed by atoms with Gasteiger partial charge in [-0.1, -0.05) is 36.4 Å². The van der Waals surface area contributed by atoms with E-state index in [-0.39, 0.29) is 5.91 Å². The van der Waals surface area contributed by atoms with Crippen molar-refractivity contribution in [3.63, 3.8) is 0 Å². The van der Waals surface area contributed by atoms with Crippen LogP contribution in [0.2, 0.25) is 0 Å². The van der Waals surface area contributed by atoms with Crippen LogP contribution in [0.1, 0.15) is 20.7 Å². The Morgan fingerprint density at radius 1 is 1.04 bits per heavy atom. The number of anilines is 1. The molecule has 0 bridgehead atoms. The molecule has 24 heavy (non-hydrogen) atoms. The van der Waals surface area contributed by atoms with E-state index in [9.17, 15) is 9.59 Å². The zero-order chi connectivity index (χ0) is 16.9. The predicted molar refractivity (Wildman–Crippen MR) is 93.3 cm³/mol. The van der Waals surface area contributed by atoms with Crippen LogP contribution in [0.25, 0.3) is 11.3 Å². The van der Waals surface area contributed by atoms with Crippen molar-refractivity contribution in [1.29, 1.82) is 0 Å². The summed E-state index contributed by atoms with van der Waals surface area (Å²) in [5.74, 6) is -0.806. The number of ether oxygens (including phenoxy) is 1. The summed E-state index contributed by atoms with van der Waals surface area (Å²) in [6.07, 6.45) is 0.